The highest BCUT2D eigenvalue weighted by Gasteiger charge is 2.14. The Morgan fingerprint density at radius 1 is 1.31 bits per heavy atom. The summed E-state index contributed by atoms with van der Waals surface area (Å²) >= 11 is 0. The Bertz CT molecular complexity index is 151. The van der Waals surface area contributed by atoms with Gasteiger partial charge in [-0.25, -0.2) is 0 Å². The van der Waals surface area contributed by atoms with Crippen LogP contribution < -0.4 is 0 Å². The molecule has 0 aromatic rings. The summed E-state index contributed by atoms with van der Waals surface area (Å²) in [4.78, 5) is 13.8. The summed E-state index contributed by atoms with van der Waals surface area (Å²) < 4.78 is 0. The van der Waals surface area contributed by atoms with Gasteiger partial charge in [0.05, 0.1) is 6.54 Å². The lowest BCUT2D eigenvalue weighted by Gasteiger charge is -2.28. The Kier molecular flexibility index (Phi) is 5.86. The lowest BCUT2D eigenvalue weighted by Crippen LogP contribution is -2.43. The molecule has 0 heterocycles. The Morgan fingerprint density at radius 2 is 1.85 bits per heavy atom. The number of carbonyl (C=O) groups is 1. The zero-order chi connectivity index (χ0) is 10.4. The normalized spacial score (nSPS) is 14.2. The van der Waals surface area contributed by atoms with Crippen molar-refractivity contribution in [3.05, 3.63) is 0 Å². The molecule has 0 aromatic heterocycles. The van der Waals surface area contributed by atoms with Gasteiger partial charge >= 0.3 is 0 Å². The summed E-state index contributed by atoms with van der Waals surface area (Å²) in [7, 11) is 3.68. The fraction of sp³-hybridized carbons (Fsp3) is 0.889. The van der Waals surface area contributed by atoms with E-state index in [1.807, 2.05) is 11.9 Å². The number of hydrogen-bond acceptors (Lipinski definition) is 4. The van der Waals surface area contributed by atoms with Crippen molar-refractivity contribution in [1.82, 2.24) is 9.80 Å². The molecule has 0 aromatic carbocycles. The van der Waals surface area contributed by atoms with Crippen LogP contribution in [0.1, 0.15) is 13.8 Å². The number of aliphatic hydroxyl groups excluding tert-OH is 1. The van der Waals surface area contributed by atoms with Gasteiger partial charge in [-0.05, 0) is 27.9 Å². The summed E-state index contributed by atoms with van der Waals surface area (Å²) in [6, 6.07) is 0.402. The molecule has 0 saturated heterocycles. The van der Waals surface area contributed by atoms with E-state index in [9.17, 15) is 9.90 Å². The van der Waals surface area contributed by atoms with Crippen molar-refractivity contribution >= 4 is 6.29 Å². The van der Waals surface area contributed by atoms with E-state index in [4.69, 9.17) is 0 Å². The molecule has 0 amide bonds. The van der Waals surface area contributed by atoms with E-state index >= 15 is 0 Å². The minimum Gasteiger partial charge on any atom is -0.377 e. The first kappa shape index (κ1) is 12.6. The molecular weight excluding hydrogens is 168 g/mol. The van der Waals surface area contributed by atoms with Crippen molar-refractivity contribution in [3.8, 4) is 0 Å². The van der Waals surface area contributed by atoms with Crippen LogP contribution in [0.4, 0.5) is 0 Å². The Hall–Kier alpha value is -0.450. The monoisotopic (exact) mass is 188 g/mol. The molecule has 0 rings (SSSR count). The van der Waals surface area contributed by atoms with E-state index in [2.05, 4.69) is 13.8 Å². The van der Waals surface area contributed by atoms with Crippen LogP contribution in [-0.2, 0) is 4.79 Å². The summed E-state index contributed by atoms with van der Waals surface area (Å²) in [6.07, 6.45) is 0.219. The zero-order valence-corrected chi connectivity index (χ0v) is 8.90. The lowest BCUT2D eigenvalue weighted by molar-refractivity contribution is -0.111. The number of nitrogens with zero attached hydrogens (tertiary/aromatic N) is 2. The van der Waals surface area contributed by atoms with Gasteiger partial charge in [-0.3, -0.25) is 4.90 Å². The Balaban J connectivity index is 3.84. The fourth-order valence-corrected chi connectivity index (χ4v) is 0.847. The molecule has 1 atom stereocenters. The van der Waals surface area contributed by atoms with Crippen molar-refractivity contribution < 1.29 is 9.90 Å². The van der Waals surface area contributed by atoms with Crippen LogP contribution in [0, 0.1) is 0 Å². The van der Waals surface area contributed by atoms with Gasteiger partial charge in [0.1, 0.15) is 12.5 Å². The third kappa shape index (κ3) is 4.98. The van der Waals surface area contributed by atoms with Gasteiger partial charge < -0.3 is 14.8 Å². The van der Waals surface area contributed by atoms with Gasteiger partial charge in [-0.2, -0.15) is 0 Å². The number of aldehydes is 1. The second-order valence-electron chi connectivity index (χ2n) is 3.62. The van der Waals surface area contributed by atoms with E-state index in [0.717, 1.165) is 6.29 Å². The van der Waals surface area contributed by atoms with Crippen LogP contribution in [-0.4, -0.2) is 60.6 Å². The predicted molar refractivity (Wildman–Crippen MR) is 52.5 cm³/mol. The second-order valence-corrected chi connectivity index (χ2v) is 3.62. The van der Waals surface area contributed by atoms with Crippen molar-refractivity contribution in [3.63, 3.8) is 0 Å². The molecule has 13 heavy (non-hydrogen) atoms. The van der Waals surface area contributed by atoms with Crippen LogP contribution >= 0.6 is 0 Å². The highest BCUT2D eigenvalue weighted by Crippen LogP contribution is 1.98. The molecule has 1 N–H and O–H groups in total. The van der Waals surface area contributed by atoms with Crippen LogP contribution in [0.3, 0.4) is 0 Å². The first-order chi connectivity index (χ1) is 5.99. The van der Waals surface area contributed by atoms with E-state index in [1.165, 1.54) is 0 Å². The van der Waals surface area contributed by atoms with Crippen LogP contribution in [0.2, 0.25) is 0 Å². The number of rotatable bonds is 6. The lowest BCUT2D eigenvalue weighted by atomic mass is 10.3. The molecule has 0 aliphatic carbocycles. The topological polar surface area (TPSA) is 43.8 Å². The molecule has 1 unspecified atom stereocenters. The van der Waals surface area contributed by atoms with E-state index in [1.54, 1.807) is 11.9 Å². The average Bonchev–Trinajstić information content (AvgIpc) is 2.04. The van der Waals surface area contributed by atoms with Gasteiger partial charge in [0, 0.05) is 12.6 Å². The molecule has 0 saturated carbocycles. The number of aliphatic hydroxyl groups is 1. The molecule has 0 radical (unpaired) electrons. The summed E-state index contributed by atoms with van der Waals surface area (Å²) in [5, 5.41) is 9.59. The summed E-state index contributed by atoms with van der Waals surface area (Å²) in [5.74, 6) is 0. The molecule has 78 valence electrons. The first-order valence-corrected chi connectivity index (χ1v) is 4.51. The van der Waals surface area contributed by atoms with Gasteiger partial charge in [-0.15, -0.1) is 0 Å². The van der Waals surface area contributed by atoms with Gasteiger partial charge in [0.15, 0.2) is 0 Å². The van der Waals surface area contributed by atoms with Crippen molar-refractivity contribution in [1.29, 1.82) is 0 Å². The van der Waals surface area contributed by atoms with Crippen LogP contribution in [0.25, 0.3) is 0 Å². The maximum absolute atomic E-state index is 10.2. The van der Waals surface area contributed by atoms with Crippen molar-refractivity contribution in [2.24, 2.45) is 0 Å². The molecule has 4 heteroatoms. The quantitative estimate of drug-likeness (QED) is 0.462. The molecular formula is C9H20N2O2. The second kappa shape index (κ2) is 6.07. The number of likely N-dealkylation sites (N-methyl/N-ethyl adjacent to an activating group) is 2. The minimum atomic E-state index is -0.572. The molecule has 0 aliphatic rings. The standard InChI is InChI=1S/C9H20N2O2/c1-8(2)11(4)7-9(13)10(3)5-6-12/h6,8-9,13H,5,7H2,1-4H3. The fourth-order valence-electron chi connectivity index (χ4n) is 0.847. The molecule has 0 aliphatic heterocycles. The number of carbonyl (C=O) groups excluding carboxylic acids is 1. The van der Waals surface area contributed by atoms with E-state index < -0.39 is 6.23 Å². The summed E-state index contributed by atoms with van der Waals surface area (Å²) in [6.45, 7) is 4.95. The predicted octanol–water partition coefficient (Wildman–Crippen LogP) is -0.224. The van der Waals surface area contributed by atoms with Gasteiger partial charge in [-0.1, -0.05) is 0 Å². The maximum Gasteiger partial charge on any atom is 0.134 e. The Labute approximate surface area is 80.1 Å². The van der Waals surface area contributed by atoms with E-state index in [0.29, 0.717) is 12.6 Å². The maximum atomic E-state index is 10.2. The van der Waals surface area contributed by atoms with E-state index in [-0.39, 0.29) is 6.54 Å². The highest BCUT2D eigenvalue weighted by molar-refractivity contribution is 5.51. The third-order valence-electron chi connectivity index (χ3n) is 2.20. The third-order valence-corrected chi connectivity index (χ3v) is 2.20. The first-order valence-electron chi connectivity index (χ1n) is 4.51. The van der Waals surface area contributed by atoms with Crippen LogP contribution in [0.5, 0.6) is 0 Å². The molecule has 0 fully saturated rings. The highest BCUT2D eigenvalue weighted by atomic mass is 16.3. The average molecular weight is 188 g/mol. The number of hydrogen-bond donors (Lipinski definition) is 1. The molecule has 0 spiro atoms. The minimum absolute atomic E-state index is 0.271. The van der Waals surface area contributed by atoms with Gasteiger partial charge in [0.25, 0.3) is 0 Å². The smallest absolute Gasteiger partial charge is 0.134 e. The molecule has 4 nitrogen and oxygen atoms in total. The summed E-state index contributed by atoms with van der Waals surface area (Å²) in [5.41, 5.74) is 0. The Morgan fingerprint density at radius 3 is 2.23 bits per heavy atom. The SMILES string of the molecule is CC(C)N(C)CC(O)N(C)CC=O. The molecule has 0 bridgehead atoms. The van der Waals surface area contributed by atoms with Crippen molar-refractivity contribution in [2.45, 2.75) is 26.1 Å². The van der Waals surface area contributed by atoms with Crippen molar-refractivity contribution in [2.75, 3.05) is 27.2 Å². The zero-order valence-electron chi connectivity index (χ0n) is 8.90. The van der Waals surface area contributed by atoms with Gasteiger partial charge in [0.2, 0.25) is 0 Å². The largest absolute Gasteiger partial charge is 0.377 e. The van der Waals surface area contributed by atoms with Crippen LogP contribution in [0.15, 0.2) is 0 Å².